The lowest BCUT2D eigenvalue weighted by atomic mass is 9.97. The van der Waals surface area contributed by atoms with Crippen LogP contribution in [0.15, 0.2) is 79.1 Å². The van der Waals surface area contributed by atoms with Crippen LogP contribution in [-0.4, -0.2) is 35.0 Å². The highest BCUT2D eigenvalue weighted by Crippen LogP contribution is 2.33. The number of nitrogens with one attached hydrogen (secondary N) is 1. The Bertz CT molecular complexity index is 1610. The fourth-order valence-electron chi connectivity index (χ4n) is 4.27. The summed E-state index contributed by atoms with van der Waals surface area (Å²) in [5.74, 6) is 0.967. The lowest BCUT2D eigenvalue weighted by molar-refractivity contribution is 0.240. The Morgan fingerprint density at radius 2 is 1.78 bits per heavy atom. The Hall–Kier alpha value is -4.72. The molecule has 0 aliphatic carbocycles. The maximum absolute atomic E-state index is 13.8. The van der Waals surface area contributed by atoms with Gasteiger partial charge in [-0.15, -0.1) is 0 Å². The highest BCUT2D eigenvalue weighted by atomic mass is 19.1. The maximum Gasteiger partial charge on any atom is 0.342 e. The van der Waals surface area contributed by atoms with Crippen molar-refractivity contribution in [3.05, 3.63) is 96.1 Å². The molecule has 2 heterocycles. The summed E-state index contributed by atoms with van der Waals surface area (Å²) in [6.45, 7) is 2.03. The number of benzene rings is 3. The number of pyridine rings is 1. The second-order valence-corrected chi connectivity index (χ2v) is 8.54. The van der Waals surface area contributed by atoms with Gasteiger partial charge in [0.15, 0.2) is 11.5 Å². The summed E-state index contributed by atoms with van der Waals surface area (Å²) in [7, 11) is 3.14. The van der Waals surface area contributed by atoms with Crippen LogP contribution >= 0.6 is 0 Å². The van der Waals surface area contributed by atoms with Crippen LogP contribution in [-0.2, 0) is 6.54 Å². The number of hydrogen-bond donors (Lipinski definition) is 1. The summed E-state index contributed by atoms with van der Waals surface area (Å²) in [5, 5.41) is 8.01. The van der Waals surface area contributed by atoms with Crippen molar-refractivity contribution in [1.82, 2.24) is 20.1 Å². The molecule has 0 saturated carbocycles. The first-order valence-corrected chi connectivity index (χ1v) is 11.7. The van der Waals surface area contributed by atoms with Crippen molar-refractivity contribution in [2.24, 2.45) is 0 Å². The molecule has 37 heavy (non-hydrogen) atoms. The molecule has 0 aliphatic heterocycles. The van der Waals surface area contributed by atoms with Crippen LogP contribution in [0.2, 0.25) is 0 Å². The molecule has 3 aromatic carbocycles. The highest BCUT2D eigenvalue weighted by Gasteiger charge is 2.15. The van der Waals surface area contributed by atoms with E-state index in [1.807, 2.05) is 42.5 Å². The van der Waals surface area contributed by atoms with Crippen molar-refractivity contribution in [3.8, 4) is 33.9 Å². The molecule has 0 spiro atoms. The fraction of sp³-hybridized carbons (Fsp3) is 0.138. The zero-order chi connectivity index (χ0) is 25.9. The molecule has 8 heteroatoms. The van der Waals surface area contributed by atoms with Gasteiger partial charge in [-0.25, -0.2) is 9.18 Å². The summed E-state index contributed by atoms with van der Waals surface area (Å²) in [6, 6.07) is 19.7. The second-order valence-electron chi connectivity index (χ2n) is 8.54. The zero-order valence-corrected chi connectivity index (χ0v) is 20.7. The molecule has 0 bridgehead atoms. The number of carbonyl (C=O) groups excluding carboxylic acids is 1. The third-order valence-corrected chi connectivity index (χ3v) is 6.20. The van der Waals surface area contributed by atoms with E-state index < -0.39 is 0 Å². The highest BCUT2D eigenvalue weighted by molar-refractivity contribution is 5.93. The Balaban J connectivity index is 1.40. The summed E-state index contributed by atoms with van der Waals surface area (Å²) >= 11 is 0. The SMILES string of the molecule is COc1ccc(CNC(=O)n2ncc3cc(-c4cccnc4-c4ccc(F)c(C)c4)ccc32)cc1OC. The van der Waals surface area contributed by atoms with Gasteiger partial charge >= 0.3 is 6.03 Å². The van der Waals surface area contributed by atoms with Crippen molar-refractivity contribution in [2.75, 3.05) is 14.2 Å². The molecule has 0 saturated heterocycles. The van der Waals surface area contributed by atoms with Crippen LogP contribution in [0.3, 0.4) is 0 Å². The molecule has 0 radical (unpaired) electrons. The molecule has 5 aromatic rings. The molecule has 0 unspecified atom stereocenters. The smallest absolute Gasteiger partial charge is 0.342 e. The van der Waals surface area contributed by atoms with Gasteiger partial charge in [-0.3, -0.25) is 4.98 Å². The summed E-state index contributed by atoms with van der Waals surface area (Å²) in [4.78, 5) is 17.5. The second kappa shape index (κ2) is 10.1. The van der Waals surface area contributed by atoms with Crippen LogP contribution in [0, 0.1) is 12.7 Å². The third kappa shape index (κ3) is 4.73. The first kappa shape index (κ1) is 24.0. The molecule has 1 amide bonds. The van der Waals surface area contributed by atoms with E-state index in [1.54, 1.807) is 51.7 Å². The average molecular weight is 497 g/mol. The van der Waals surface area contributed by atoms with Gasteiger partial charge in [-0.05, 0) is 72.1 Å². The van der Waals surface area contributed by atoms with E-state index in [9.17, 15) is 9.18 Å². The monoisotopic (exact) mass is 496 g/mol. The predicted molar refractivity (Wildman–Crippen MR) is 140 cm³/mol. The summed E-state index contributed by atoms with van der Waals surface area (Å²) < 4.78 is 25.8. The Morgan fingerprint density at radius 3 is 2.57 bits per heavy atom. The number of halogens is 1. The van der Waals surface area contributed by atoms with Crippen molar-refractivity contribution in [3.63, 3.8) is 0 Å². The van der Waals surface area contributed by atoms with Gasteiger partial charge in [0.1, 0.15) is 5.82 Å². The summed E-state index contributed by atoms with van der Waals surface area (Å²) in [5.41, 5.74) is 5.51. The number of aromatic nitrogens is 3. The van der Waals surface area contributed by atoms with Crippen molar-refractivity contribution >= 4 is 16.9 Å². The average Bonchev–Trinajstić information content (AvgIpc) is 3.36. The summed E-state index contributed by atoms with van der Waals surface area (Å²) in [6.07, 6.45) is 3.38. The fourth-order valence-corrected chi connectivity index (χ4v) is 4.27. The van der Waals surface area contributed by atoms with Gasteiger partial charge in [-0.2, -0.15) is 9.78 Å². The normalized spacial score (nSPS) is 10.9. The first-order chi connectivity index (χ1) is 18.0. The topological polar surface area (TPSA) is 78.3 Å². The van der Waals surface area contributed by atoms with Gasteiger partial charge in [0.05, 0.1) is 31.6 Å². The number of rotatable bonds is 6. The lowest BCUT2D eigenvalue weighted by Gasteiger charge is -2.11. The zero-order valence-electron chi connectivity index (χ0n) is 20.7. The van der Waals surface area contributed by atoms with E-state index in [4.69, 9.17) is 9.47 Å². The molecular weight excluding hydrogens is 471 g/mol. The number of amides is 1. The van der Waals surface area contributed by atoms with Crippen LogP contribution in [0.25, 0.3) is 33.3 Å². The van der Waals surface area contributed by atoms with E-state index in [-0.39, 0.29) is 11.8 Å². The Kier molecular flexibility index (Phi) is 6.55. The maximum atomic E-state index is 13.8. The molecule has 5 rings (SSSR count). The lowest BCUT2D eigenvalue weighted by Crippen LogP contribution is -2.28. The van der Waals surface area contributed by atoms with Crippen LogP contribution < -0.4 is 14.8 Å². The Labute approximate surface area is 213 Å². The number of nitrogens with zero attached hydrogens (tertiary/aromatic N) is 3. The minimum Gasteiger partial charge on any atom is -0.493 e. The van der Waals surface area contributed by atoms with Gasteiger partial charge in [-0.1, -0.05) is 18.2 Å². The molecule has 1 N–H and O–H groups in total. The first-order valence-electron chi connectivity index (χ1n) is 11.7. The predicted octanol–water partition coefficient (Wildman–Crippen LogP) is 5.99. The Morgan fingerprint density at radius 1 is 0.973 bits per heavy atom. The quantitative estimate of drug-likeness (QED) is 0.313. The van der Waals surface area contributed by atoms with Crippen LogP contribution in [0.4, 0.5) is 9.18 Å². The van der Waals surface area contributed by atoms with Crippen LogP contribution in [0.1, 0.15) is 11.1 Å². The van der Waals surface area contributed by atoms with E-state index in [1.165, 1.54) is 10.7 Å². The van der Waals surface area contributed by atoms with Crippen molar-refractivity contribution in [1.29, 1.82) is 0 Å². The minimum absolute atomic E-state index is 0.250. The number of methoxy groups -OCH3 is 2. The van der Waals surface area contributed by atoms with E-state index >= 15 is 0 Å². The number of carbonyl (C=O) groups is 1. The molecule has 7 nitrogen and oxygen atoms in total. The third-order valence-electron chi connectivity index (χ3n) is 6.20. The van der Waals surface area contributed by atoms with Crippen molar-refractivity contribution < 1.29 is 18.7 Å². The molecule has 186 valence electrons. The van der Waals surface area contributed by atoms with E-state index in [0.29, 0.717) is 29.1 Å². The molecule has 0 fully saturated rings. The van der Waals surface area contributed by atoms with E-state index in [0.717, 1.165) is 33.3 Å². The number of hydrogen-bond acceptors (Lipinski definition) is 5. The molecule has 0 atom stereocenters. The van der Waals surface area contributed by atoms with Gasteiger partial charge in [0.25, 0.3) is 0 Å². The standard InChI is InChI=1S/C29H25FN4O3/c1-18-13-21(7-9-24(18)30)28-23(5-4-12-31-28)20-8-10-25-22(15-20)17-33-34(25)29(35)32-16-19-6-11-26(36-2)27(14-19)37-3/h4-15,17H,16H2,1-3H3,(H,32,35). The van der Waals surface area contributed by atoms with Gasteiger partial charge in [0.2, 0.25) is 0 Å². The van der Waals surface area contributed by atoms with Gasteiger partial charge < -0.3 is 14.8 Å². The number of aryl methyl sites for hydroxylation is 1. The molecule has 2 aromatic heterocycles. The van der Waals surface area contributed by atoms with E-state index in [2.05, 4.69) is 15.4 Å². The van der Waals surface area contributed by atoms with Crippen molar-refractivity contribution in [2.45, 2.75) is 13.5 Å². The number of fused-ring (bicyclic) bond motifs is 1. The molecule has 0 aliphatic rings. The van der Waals surface area contributed by atoms with Crippen LogP contribution in [0.5, 0.6) is 11.5 Å². The minimum atomic E-state index is -0.346. The molecular formula is C29H25FN4O3. The number of ether oxygens (including phenoxy) is 2. The van der Waals surface area contributed by atoms with Gasteiger partial charge in [0, 0.05) is 29.3 Å². The largest absolute Gasteiger partial charge is 0.493 e.